The lowest BCUT2D eigenvalue weighted by Gasteiger charge is -2.24. The van der Waals surface area contributed by atoms with E-state index in [1.165, 1.54) is 10.9 Å². The second kappa shape index (κ2) is 4.38. The van der Waals surface area contributed by atoms with Crippen LogP contribution in [0.15, 0.2) is 30.5 Å². The van der Waals surface area contributed by atoms with Gasteiger partial charge in [0.05, 0.1) is 5.92 Å². The summed E-state index contributed by atoms with van der Waals surface area (Å²) in [6.07, 6.45) is 2.80. The number of hydrogen-bond donors (Lipinski definition) is 2. The Hall–Kier alpha value is -1.81. The average Bonchev–Trinajstić information content (AvgIpc) is 3.04. The van der Waals surface area contributed by atoms with Crippen molar-refractivity contribution in [3.63, 3.8) is 0 Å². The molecule has 0 amide bonds. The SMILES string of the molecule is CN(C)C(c1c[nH]c2ccccc12)C1CC1C(=O)O. The normalized spacial score (nSPS) is 23.7. The molecule has 1 aliphatic carbocycles. The van der Waals surface area contributed by atoms with Crippen molar-refractivity contribution >= 4 is 16.9 Å². The van der Waals surface area contributed by atoms with E-state index < -0.39 is 5.97 Å². The molecule has 0 saturated heterocycles. The number of fused-ring (bicyclic) bond motifs is 1. The molecule has 3 atom stereocenters. The van der Waals surface area contributed by atoms with Crippen molar-refractivity contribution < 1.29 is 9.90 Å². The van der Waals surface area contributed by atoms with E-state index in [9.17, 15) is 4.79 Å². The van der Waals surface area contributed by atoms with Gasteiger partial charge in [0.25, 0.3) is 0 Å². The number of carboxylic acid groups (broad SMARTS) is 1. The molecule has 1 heterocycles. The van der Waals surface area contributed by atoms with Crippen LogP contribution >= 0.6 is 0 Å². The second-order valence-electron chi connectivity index (χ2n) is 5.54. The lowest BCUT2D eigenvalue weighted by Crippen LogP contribution is -2.23. The highest BCUT2D eigenvalue weighted by Crippen LogP contribution is 2.50. The van der Waals surface area contributed by atoms with Gasteiger partial charge in [-0.15, -0.1) is 0 Å². The molecule has 19 heavy (non-hydrogen) atoms. The Bertz CT molecular complexity index is 617. The molecular weight excluding hydrogens is 240 g/mol. The van der Waals surface area contributed by atoms with E-state index in [2.05, 4.69) is 16.0 Å². The number of rotatable bonds is 4. The van der Waals surface area contributed by atoms with Crippen LogP contribution in [0.1, 0.15) is 18.0 Å². The van der Waals surface area contributed by atoms with Crippen LogP contribution in [0.3, 0.4) is 0 Å². The summed E-state index contributed by atoms with van der Waals surface area (Å²) in [6, 6.07) is 8.33. The molecule has 4 heteroatoms. The summed E-state index contributed by atoms with van der Waals surface area (Å²) < 4.78 is 0. The molecule has 2 aromatic rings. The van der Waals surface area contributed by atoms with Gasteiger partial charge in [0, 0.05) is 23.1 Å². The number of aliphatic carboxylic acids is 1. The molecule has 4 nitrogen and oxygen atoms in total. The van der Waals surface area contributed by atoms with Crippen LogP contribution in [-0.4, -0.2) is 35.1 Å². The van der Waals surface area contributed by atoms with E-state index in [1.807, 2.05) is 38.5 Å². The topological polar surface area (TPSA) is 56.3 Å². The van der Waals surface area contributed by atoms with E-state index in [4.69, 9.17) is 5.11 Å². The molecule has 0 radical (unpaired) electrons. The lowest BCUT2D eigenvalue weighted by molar-refractivity contribution is -0.139. The Morgan fingerprint density at radius 2 is 2.16 bits per heavy atom. The molecule has 0 bridgehead atoms. The van der Waals surface area contributed by atoms with E-state index >= 15 is 0 Å². The van der Waals surface area contributed by atoms with Crippen molar-refractivity contribution in [2.45, 2.75) is 12.5 Å². The largest absolute Gasteiger partial charge is 0.481 e. The van der Waals surface area contributed by atoms with Gasteiger partial charge in [-0.25, -0.2) is 0 Å². The van der Waals surface area contributed by atoms with Gasteiger partial charge < -0.3 is 15.0 Å². The first-order valence-corrected chi connectivity index (χ1v) is 6.55. The van der Waals surface area contributed by atoms with Crippen LogP contribution < -0.4 is 0 Å². The van der Waals surface area contributed by atoms with Gasteiger partial charge in [0.15, 0.2) is 0 Å². The minimum Gasteiger partial charge on any atom is -0.481 e. The Morgan fingerprint density at radius 3 is 2.79 bits per heavy atom. The average molecular weight is 258 g/mol. The number of aromatic nitrogens is 1. The Balaban J connectivity index is 1.99. The predicted molar refractivity (Wildman–Crippen MR) is 74.0 cm³/mol. The molecule has 1 aliphatic rings. The number of benzene rings is 1. The van der Waals surface area contributed by atoms with E-state index in [1.54, 1.807) is 0 Å². The third-order valence-corrected chi connectivity index (χ3v) is 4.06. The fourth-order valence-electron chi connectivity index (χ4n) is 3.08. The Morgan fingerprint density at radius 1 is 1.42 bits per heavy atom. The molecule has 1 aromatic heterocycles. The summed E-state index contributed by atoms with van der Waals surface area (Å²) in [5.74, 6) is -0.649. The van der Waals surface area contributed by atoms with Gasteiger partial charge in [-0.2, -0.15) is 0 Å². The predicted octanol–water partition coefficient (Wildman–Crippen LogP) is 2.49. The maximum absolute atomic E-state index is 11.1. The van der Waals surface area contributed by atoms with Crippen LogP contribution in [0.5, 0.6) is 0 Å². The van der Waals surface area contributed by atoms with Gasteiger partial charge in [-0.05, 0) is 38.1 Å². The summed E-state index contributed by atoms with van der Waals surface area (Å²) >= 11 is 0. The first-order valence-electron chi connectivity index (χ1n) is 6.55. The minimum absolute atomic E-state index is 0.164. The standard InChI is InChI=1S/C15H18N2O2/c1-17(2)14(10-7-11(10)15(18)19)12-8-16-13-6-4-3-5-9(12)13/h3-6,8,10-11,14,16H,7H2,1-2H3,(H,18,19). The number of nitrogens with zero attached hydrogens (tertiary/aromatic N) is 1. The maximum Gasteiger partial charge on any atom is 0.306 e. The summed E-state index contributed by atoms with van der Waals surface area (Å²) in [7, 11) is 4.04. The Labute approximate surface area is 112 Å². The number of hydrogen-bond acceptors (Lipinski definition) is 2. The maximum atomic E-state index is 11.1. The second-order valence-corrected chi connectivity index (χ2v) is 5.54. The van der Waals surface area contributed by atoms with Crippen molar-refractivity contribution in [1.29, 1.82) is 0 Å². The van der Waals surface area contributed by atoms with Crippen LogP contribution in [0.4, 0.5) is 0 Å². The number of carbonyl (C=O) groups is 1. The third kappa shape index (κ3) is 2.02. The van der Waals surface area contributed by atoms with E-state index in [-0.39, 0.29) is 17.9 Å². The van der Waals surface area contributed by atoms with Crippen LogP contribution in [0.25, 0.3) is 10.9 Å². The number of H-pyrrole nitrogens is 1. The van der Waals surface area contributed by atoms with E-state index in [0.29, 0.717) is 0 Å². The summed E-state index contributed by atoms with van der Waals surface area (Å²) in [6.45, 7) is 0. The zero-order chi connectivity index (χ0) is 13.6. The lowest BCUT2D eigenvalue weighted by atomic mass is 9.99. The van der Waals surface area contributed by atoms with Gasteiger partial charge in [0.2, 0.25) is 0 Å². The van der Waals surface area contributed by atoms with Crippen molar-refractivity contribution in [2.24, 2.45) is 11.8 Å². The molecule has 0 aliphatic heterocycles. The van der Waals surface area contributed by atoms with Crippen molar-refractivity contribution in [3.8, 4) is 0 Å². The molecule has 2 N–H and O–H groups in total. The van der Waals surface area contributed by atoms with Crippen LogP contribution in [-0.2, 0) is 4.79 Å². The summed E-state index contributed by atoms with van der Waals surface area (Å²) in [5.41, 5.74) is 2.31. The highest BCUT2D eigenvalue weighted by atomic mass is 16.4. The first kappa shape index (κ1) is 12.2. The third-order valence-electron chi connectivity index (χ3n) is 4.06. The molecule has 3 unspecified atom stereocenters. The number of nitrogens with one attached hydrogen (secondary N) is 1. The fourth-order valence-corrected chi connectivity index (χ4v) is 3.08. The van der Waals surface area contributed by atoms with E-state index in [0.717, 1.165) is 11.9 Å². The monoisotopic (exact) mass is 258 g/mol. The summed E-state index contributed by atoms with van der Waals surface area (Å²) in [4.78, 5) is 16.5. The molecule has 1 saturated carbocycles. The van der Waals surface area contributed by atoms with Gasteiger partial charge in [0.1, 0.15) is 0 Å². The number of para-hydroxylation sites is 1. The Kier molecular flexibility index (Phi) is 2.82. The quantitative estimate of drug-likeness (QED) is 0.886. The van der Waals surface area contributed by atoms with Gasteiger partial charge in [-0.3, -0.25) is 4.79 Å². The number of aromatic amines is 1. The van der Waals surface area contributed by atoms with Gasteiger partial charge in [-0.1, -0.05) is 18.2 Å². The molecular formula is C15H18N2O2. The van der Waals surface area contributed by atoms with Crippen molar-refractivity contribution in [2.75, 3.05) is 14.1 Å². The molecule has 0 spiro atoms. The molecule has 3 rings (SSSR count). The summed E-state index contributed by atoms with van der Waals surface area (Å²) in [5, 5.41) is 10.3. The number of carboxylic acids is 1. The fraction of sp³-hybridized carbons (Fsp3) is 0.400. The highest BCUT2D eigenvalue weighted by molar-refractivity contribution is 5.84. The molecule has 1 aromatic carbocycles. The highest BCUT2D eigenvalue weighted by Gasteiger charge is 2.49. The minimum atomic E-state index is -0.670. The van der Waals surface area contributed by atoms with Crippen molar-refractivity contribution in [1.82, 2.24) is 9.88 Å². The molecule has 1 fully saturated rings. The smallest absolute Gasteiger partial charge is 0.306 e. The zero-order valence-electron chi connectivity index (χ0n) is 11.1. The molecule has 100 valence electrons. The van der Waals surface area contributed by atoms with Crippen molar-refractivity contribution in [3.05, 3.63) is 36.0 Å². The zero-order valence-corrected chi connectivity index (χ0v) is 11.1. The first-order chi connectivity index (χ1) is 9.09. The van der Waals surface area contributed by atoms with Crippen LogP contribution in [0.2, 0.25) is 0 Å². The van der Waals surface area contributed by atoms with Crippen LogP contribution in [0, 0.1) is 11.8 Å². The van der Waals surface area contributed by atoms with Gasteiger partial charge >= 0.3 is 5.97 Å².